The highest BCUT2D eigenvalue weighted by Gasteiger charge is 2.71. The summed E-state index contributed by atoms with van der Waals surface area (Å²) in [4.78, 5) is 0. The number of halogens is 6. The van der Waals surface area contributed by atoms with E-state index < -0.39 is 28.8 Å². The van der Waals surface area contributed by atoms with Gasteiger partial charge in [-0.05, 0) is 58.0 Å². The van der Waals surface area contributed by atoms with Gasteiger partial charge in [-0.2, -0.15) is 22.0 Å². The van der Waals surface area contributed by atoms with Crippen LogP contribution in [0.3, 0.4) is 0 Å². The summed E-state index contributed by atoms with van der Waals surface area (Å²) in [5, 5.41) is 10.6. The first-order valence-electron chi connectivity index (χ1n) is 6.61. The minimum absolute atomic E-state index is 0.263. The van der Waals surface area contributed by atoms with Gasteiger partial charge >= 0.3 is 12.1 Å². The summed E-state index contributed by atoms with van der Waals surface area (Å²) < 4.78 is 72.8. The third-order valence-corrected chi connectivity index (χ3v) is 4.23. The fourth-order valence-corrected chi connectivity index (χ4v) is 2.82. The lowest BCUT2D eigenvalue weighted by Gasteiger charge is -2.37. The fourth-order valence-electron chi connectivity index (χ4n) is 2.28. The van der Waals surface area contributed by atoms with Crippen molar-refractivity contribution in [2.75, 3.05) is 7.11 Å². The molecule has 24 heavy (non-hydrogen) atoms. The van der Waals surface area contributed by atoms with E-state index in [0.29, 0.717) is 3.57 Å². The Hall–Kier alpha value is -1.42. The SMILES string of the molecule is COc1ccc(C(O)(c2cccc(I)c2)C(F)(F)C(F)(F)F)cc1. The highest BCUT2D eigenvalue weighted by atomic mass is 127. The Morgan fingerprint density at radius 3 is 1.96 bits per heavy atom. The number of aliphatic hydroxyl groups is 1. The number of hydrogen-bond donors (Lipinski definition) is 1. The molecule has 8 heteroatoms. The first-order chi connectivity index (χ1) is 11.0. The molecule has 2 aromatic carbocycles. The third-order valence-electron chi connectivity index (χ3n) is 3.56. The molecule has 2 rings (SSSR count). The summed E-state index contributed by atoms with van der Waals surface area (Å²) in [6.45, 7) is 0. The lowest BCUT2D eigenvalue weighted by Crippen LogP contribution is -2.55. The number of benzene rings is 2. The van der Waals surface area contributed by atoms with Crippen molar-refractivity contribution in [1.82, 2.24) is 0 Å². The molecule has 0 aliphatic heterocycles. The standard InChI is InChI=1S/C16H12F5IO2/c1-24-13-7-5-10(6-8-13)14(23,15(17,18)16(19,20)21)11-3-2-4-12(22)9-11/h2-9,23H,1H3. The molecule has 0 aliphatic carbocycles. The van der Waals surface area contributed by atoms with Gasteiger partial charge in [-0.1, -0.05) is 24.3 Å². The lowest BCUT2D eigenvalue weighted by atomic mass is 9.80. The van der Waals surface area contributed by atoms with Crippen LogP contribution in [0.4, 0.5) is 22.0 Å². The maximum Gasteiger partial charge on any atom is 0.457 e. The van der Waals surface area contributed by atoms with Gasteiger partial charge in [-0.15, -0.1) is 0 Å². The van der Waals surface area contributed by atoms with Crippen LogP contribution in [-0.2, 0) is 5.60 Å². The van der Waals surface area contributed by atoms with Crippen molar-refractivity contribution in [2.45, 2.75) is 17.7 Å². The van der Waals surface area contributed by atoms with Crippen LogP contribution >= 0.6 is 22.6 Å². The van der Waals surface area contributed by atoms with Crippen molar-refractivity contribution in [3.63, 3.8) is 0 Å². The molecule has 1 unspecified atom stereocenters. The topological polar surface area (TPSA) is 29.5 Å². The van der Waals surface area contributed by atoms with E-state index in [2.05, 4.69) is 0 Å². The summed E-state index contributed by atoms with van der Waals surface area (Å²) in [6.07, 6.45) is -5.94. The van der Waals surface area contributed by atoms with E-state index in [1.807, 2.05) is 0 Å². The Balaban J connectivity index is 2.74. The average Bonchev–Trinajstić information content (AvgIpc) is 2.53. The quantitative estimate of drug-likeness (QED) is 0.531. The van der Waals surface area contributed by atoms with Crippen molar-refractivity contribution in [1.29, 1.82) is 0 Å². The number of hydrogen-bond acceptors (Lipinski definition) is 2. The molecule has 130 valence electrons. The van der Waals surface area contributed by atoms with Crippen molar-refractivity contribution < 1.29 is 31.8 Å². The zero-order valence-corrected chi connectivity index (χ0v) is 14.4. The maximum atomic E-state index is 14.3. The summed E-state index contributed by atoms with van der Waals surface area (Å²) >= 11 is 1.77. The lowest BCUT2D eigenvalue weighted by molar-refractivity contribution is -0.336. The van der Waals surface area contributed by atoms with E-state index in [4.69, 9.17) is 4.74 Å². The number of methoxy groups -OCH3 is 1. The molecule has 0 spiro atoms. The van der Waals surface area contributed by atoms with Gasteiger partial charge in [0.15, 0.2) is 5.60 Å². The van der Waals surface area contributed by atoms with Gasteiger partial charge in [0.05, 0.1) is 7.11 Å². The van der Waals surface area contributed by atoms with Gasteiger partial charge in [0.25, 0.3) is 0 Å². The van der Waals surface area contributed by atoms with E-state index in [0.717, 1.165) is 24.3 Å². The molecule has 0 aromatic heterocycles. The van der Waals surface area contributed by atoms with E-state index >= 15 is 0 Å². The molecule has 1 N–H and O–H groups in total. The normalized spacial score (nSPS) is 15.0. The van der Waals surface area contributed by atoms with Crippen LogP contribution in [0.1, 0.15) is 11.1 Å². The van der Waals surface area contributed by atoms with Gasteiger partial charge in [0.1, 0.15) is 5.75 Å². The molecule has 0 radical (unpaired) electrons. The fraction of sp³-hybridized carbons (Fsp3) is 0.250. The van der Waals surface area contributed by atoms with Crippen LogP contribution in [0, 0.1) is 3.57 Å². The van der Waals surface area contributed by atoms with Gasteiger partial charge in [-0.3, -0.25) is 0 Å². The van der Waals surface area contributed by atoms with Crippen molar-refractivity contribution in [2.24, 2.45) is 0 Å². The molecule has 0 amide bonds. The molecule has 0 fully saturated rings. The molecule has 0 saturated carbocycles. The zero-order chi connectivity index (χ0) is 18.2. The summed E-state index contributed by atoms with van der Waals surface area (Å²) in [6, 6.07) is 9.33. The van der Waals surface area contributed by atoms with E-state index in [1.165, 1.54) is 31.4 Å². The molecule has 0 saturated heterocycles. The summed E-state index contributed by atoms with van der Waals surface area (Å²) in [7, 11) is 1.32. The molecule has 2 aromatic rings. The average molecular weight is 458 g/mol. The molecule has 2 nitrogen and oxygen atoms in total. The Bertz CT molecular complexity index is 715. The highest BCUT2D eigenvalue weighted by molar-refractivity contribution is 14.1. The molecular weight excluding hydrogens is 446 g/mol. The monoisotopic (exact) mass is 458 g/mol. The largest absolute Gasteiger partial charge is 0.497 e. The van der Waals surface area contributed by atoms with E-state index in [1.54, 1.807) is 22.6 Å². The Morgan fingerprint density at radius 2 is 1.50 bits per heavy atom. The van der Waals surface area contributed by atoms with Gasteiger partial charge in [0, 0.05) is 3.57 Å². The van der Waals surface area contributed by atoms with Crippen molar-refractivity contribution in [3.05, 3.63) is 63.2 Å². The summed E-state index contributed by atoms with van der Waals surface area (Å²) in [5.74, 6) is -5.14. The van der Waals surface area contributed by atoms with Crippen LogP contribution in [0.5, 0.6) is 5.75 Å². The molecule has 0 aliphatic rings. The first kappa shape index (κ1) is 18.9. The maximum absolute atomic E-state index is 14.3. The van der Waals surface area contributed by atoms with Crippen LogP contribution in [0.15, 0.2) is 48.5 Å². The van der Waals surface area contributed by atoms with Gasteiger partial charge in [-0.25, -0.2) is 0 Å². The molecule has 0 bridgehead atoms. The van der Waals surface area contributed by atoms with Gasteiger partial charge < -0.3 is 9.84 Å². The van der Waals surface area contributed by atoms with E-state index in [9.17, 15) is 27.1 Å². The predicted molar refractivity (Wildman–Crippen MR) is 86.2 cm³/mol. The Kier molecular flexibility index (Phi) is 5.10. The molecular formula is C16H12F5IO2. The smallest absolute Gasteiger partial charge is 0.457 e. The van der Waals surface area contributed by atoms with Crippen molar-refractivity contribution in [3.8, 4) is 5.75 Å². The second kappa shape index (κ2) is 6.47. The molecule has 1 atom stereocenters. The van der Waals surface area contributed by atoms with Crippen molar-refractivity contribution >= 4 is 22.6 Å². The van der Waals surface area contributed by atoms with Crippen LogP contribution in [-0.4, -0.2) is 24.3 Å². The minimum atomic E-state index is -5.94. The highest BCUT2D eigenvalue weighted by Crippen LogP contribution is 2.51. The first-order valence-corrected chi connectivity index (χ1v) is 7.69. The number of alkyl halides is 5. The Labute approximate surface area is 148 Å². The number of ether oxygens (including phenoxy) is 1. The zero-order valence-electron chi connectivity index (χ0n) is 12.2. The van der Waals surface area contributed by atoms with Crippen LogP contribution in [0.2, 0.25) is 0 Å². The minimum Gasteiger partial charge on any atom is -0.497 e. The second-order valence-electron chi connectivity index (χ2n) is 5.02. The van der Waals surface area contributed by atoms with Gasteiger partial charge in [0.2, 0.25) is 0 Å². The third kappa shape index (κ3) is 3.08. The number of rotatable bonds is 4. The second-order valence-corrected chi connectivity index (χ2v) is 6.27. The Morgan fingerprint density at radius 1 is 0.917 bits per heavy atom. The summed E-state index contributed by atoms with van der Waals surface area (Å²) in [5.41, 5.74) is -4.71. The van der Waals surface area contributed by atoms with Crippen LogP contribution in [0.25, 0.3) is 0 Å². The predicted octanol–water partition coefficient (Wildman–Crippen LogP) is 4.73. The molecule has 0 heterocycles. The van der Waals surface area contributed by atoms with E-state index in [-0.39, 0.29) is 5.75 Å². The van der Waals surface area contributed by atoms with Crippen LogP contribution < -0.4 is 4.74 Å².